The van der Waals surface area contributed by atoms with Gasteiger partial charge in [0.1, 0.15) is 0 Å². The second-order valence-electron chi connectivity index (χ2n) is 4.97. The summed E-state index contributed by atoms with van der Waals surface area (Å²) in [6, 6.07) is 7.44. The molecular formula is C16H16ClNO3. The van der Waals surface area contributed by atoms with Gasteiger partial charge in [-0.15, -0.1) is 0 Å². The molecule has 2 aromatic rings. The number of benzene rings is 1. The van der Waals surface area contributed by atoms with Gasteiger partial charge in [-0.3, -0.25) is 4.98 Å². The summed E-state index contributed by atoms with van der Waals surface area (Å²) in [7, 11) is 0. The molecule has 3 rings (SSSR count). The van der Waals surface area contributed by atoms with E-state index in [4.69, 9.17) is 21.1 Å². The quantitative estimate of drug-likeness (QED) is 0.941. The molecule has 5 heteroatoms. The Kier molecular flexibility index (Phi) is 3.99. The highest BCUT2D eigenvalue weighted by Crippen LogP contribution is 2.41. The van der Waals surface area contributed by atoms with Gasteiger partial charge in [-0.25, -0.2) is 0 Å². The average Bonchev–Trinajstić information content (AvgIpc) is 2.97. The first-order valence-corrected chi connectivity index (χ1v) is 7.26. The SMILES string of the molecule is CCc1ccc(CC(O)c2cc(Cl)c3c(c2)OCO3)nc1. The fourth-order valence-electron chi connectivity index (χ4n) is 2.28. The van der Waals surface area contributed by atoms with Crippen LogP contribution in [0.25, 0.3) is 0 Å². The third kappa shape index (κ3) is 2.96. The summed E-state index contributed by atoms with van der Waals surface area (Å²) < 4.78 is 10.6. The van der Waals surface area contributed by atoms with E-state index >= 15 is 0 Å². The van der Waals surface area contributed by atoms with Crippen molar-refractivity contribution in [1.82, 2.24) is 4.98 Å². The summed E-state index contributed by atoms with van der Waals surface area (Å²) >= 11 is 6.13. The zero-order valence-corrected chi connectivity index (χ0v) is 12.4. The molecule has 1 atom stereocenters. The smallest absolute Gasteiger partial charge is 0.231 e. The van der Waals surface area contributed by atoms with E-state index in [1.807, 2.05) is 18.3 Å². The molecule has 1 aromatic heterocycles. The van der Waals surface area contributed by atoms with Crippen molar-refractivity contribution in [2.24, 2.45) is 0 Å². The van der Waals surface area contributed by atoms with Gasteiger partial charge in [0.05, 0.1) is 11.1 Å². The van der Waals surface area contributed by atoms with Crippen molar-refractivity contribution >= 4 is 11.6 Å². The van der Waals surface area contributed by atoms with Crippen LogP contribution in [-0.2, 0) is 12.8 Å². The summed E-state index contributed by atoms with van der Waals surface area (Å²) in [5, 5.41) is 10.8. The van der Waals surface area contributed by atoms with E-state index in [2.05, 4.69) is 11.9 Å². The molecule has 110 valence electrons. The molecule has 0 saturated heterocycles. The minimum Gasteiger partial charge on any atom is -0.454 e. The number of nitrogens with zero attached hydrogens (tertiary/aromatic N) is 1. The maximum atomic E-state index is 10.4. The molecule has 0 bridgehead atoms. The van der Waals surface area contributed by atoms with Crippen LogP contribution in [0.3, 0.4) is 0 Å². The molecule has 0 amide bonds. The van der Waals surface area contributed by atoms with Gasteiger partial charge >= 0.3 is 0 Å². The van der Waals surface area contributed by atoms with Crippen molar-refractivity contribution in [2.75, 3.05) is 6.79 Å². The van der Waals surface area contributed by atoms with Gasteiger partial charge in [0.25, 0.3) is 0 Å². The van der Waals surface area contributed by atoms with Crippen molar-refractivity contribution in [3.63, 3.8) is 0 Å². The van der Waals surface area contributed by atoms with Gasteiger partial charge in [-0.1, -0.05) is 24.6 Å². The molecule has 0 aliphatic carbocycles. The Morgan fingerprint density at radius 3 is 2.90 bits per heavy atom. The van der Waals surface area contributed by atoms with Gasteiger partial charge in [0, 0.05) is 18.3 Å². The molecule has 2 heterocycles. The number of halogens is 1. The number of ether oxygens (including phenoxy) is 2. The van der Waals surface area contributed by atoms with Crippen LogP contribution in [0.15, 0.2) is 30.5 Å². The normalized spacial score (nSPS) is 14.2. The Morgan fingerprint density at radius 2 is 2.19 bits per heavy atom. The van der Waals surface area contributed by atoms with Crippen LogP contribution in [0.4, 0.5) is 0 Å². The summed E-state index contributed by atoms with van der Waals surface area (Å²) in [5.41, 5.74) is 2.72. The third-order valence-corrected chi connectivity index (χ3v) is 3.81. The second kappa shape index (κ2) is 5.92. The number of aliphatic hydroxyl groups excluding tert-OH is 1. The molecule has 0 fully saturated rings. The van der Waals surface area contributed by atoms with E-state index in [-0.39, 0.29) is 6.79 Å². The Balaban J connectivity index is 1.78. The van der Waals surface area contributed by atoms with Gasteiger partial charge < -0.3 is 14.6 Å². The summed E-state index contributed by atoms with van der Waals surface area (Å²) in [5.74, 6) is 1.11. The molecule has 1 aliphatic rings. The maximum Gasteiger partial charge on any atom is 0.231 e. The van der Waals surface area contributed by atoms with E-state index in [9.17, 15) is 5.11 Å². The molecule has 21 heavy (non-hydrogen) atoms. The Labute approximate surface area is 128 Å². The topological polar surface area (TPSA) is 51.6 Å². The minimum absolute atomic E-state index is 0.161. The maximum absolute atomic E-state index is 10.4. The van der Waals surface area contributed by atoms with Gasteiger partial charge in [-0.2, -0.15) is 0 Å². The van der Waals surface area contributed by atoms with Gasteiger partial charge in [0.2, 0.25) is 6.79 Å². The van der Waals surface area contributed by atoms with Crippen molar-refractivity contribution in [2.45, 2.75) is 25.9 Å². The van der Waals surface area contributed by atoms with Crippen molar-refractivity contribution < 1.29 is 14.6 Å². The van der Waals surface area contributed by atoms with Crippen LogP contribution in [-0.4, -0.2) is 16.9 Å². The number of hydrogen-bond donors (Lipinski definition) is 1. The number of aryl methyl sites for hydroxylation is 1. The molecule has 1 aromatic carbocycles. The van der Waals surface area contributed by atoms with Crippen LogP contribution in [0, 0.1) is 0 Å². The lowest BCUT2D eigenvalue weighted by molar-refractivity contribution is 0.171. The molecular weight excluding hydrogens is 290 g/mol. The Bertz CT molecular complexity index is 643. The van der Waals surface area contributed by atoms with Crippen molar-refractivity contribution in [3.05, 3.63) is 52.3 Å². The van der Waals surface area contributed by atoms with Crippen LogP contribution in [0.5, 0.6) is 11.5 Å². The average molecular weight is 306 g/mol. The molecule has 4 nitrogen and oxygen atoms in total. The number of hydrogen-bond acceptors (Lipinski definition) is 4. The number of aromatic nitrogens is 1. The first kappa shape index (κ1) is 14.2. The lowest BCUT2D eigenvalue weighted by Gasteiger charge is -2.12. The number of pyridine rings is 1. The predicted octanol–water partition coefficient (Wildman–Crippen LogP) is 3.30. The lowest BCUT2D eigenvalue weighted by Crippen LogP contribution is -2.04. The molecule has 1 unspecified atom stereocenters. The van der Waals surface area contributed by atoms with E-state index < -0.39 is 6.10 Å². The Morgan fingerprint density at radius 1 is 1.33 bits per heavy atom. The highest BCUT2D eigenvalue weighted by molar-refractivity contribution is 6.32. The second-order valence-corrected chi connectivity index (χ2v) is 5.37. The van der Waals surface area contributed by atoms with Crippen LogP contribution < -0.4 is 9.47 Å². The van der Waals surface area contributed by atoms with E-state index in [0.29, 0.717) is 28.5 Å². The fourth-order valence-corrected chi connectivity index (χ4v) is 2.55. The number of aliphatic hydroxyl groups is 1. The Hall–Kier alpha value is -1.78. The van der Waals surface area contributed by atoms with Gasteiger partial charge in [-0.05, 0) is 35.7 Å². The molecule has 0 saturated carbocycles. The van der Waals surface area contributed by atoms with E-state index in [0.717, 1.165) is 12.1 Å². The van der Waals surface area contributed by atoms with Crippen LogP contribution >= 0.6 is 11.6 Å². The highest BCUT2D eigenvalue weighted by Gasteiger charge is 2.21. The van der Waals surface area contributed by atoms with Gasteiger partial charge in [0.15, 0.2) is 11.5 Å². The van der Waals surface area contributed by atoms with Crippen molar-refractivity contribution in [1.29, 1.82) is 0 Å². The monoisotopic (exact) mass is 305 g/mol. The molecule has 0 radical (unpaired) electrons. The van der Waals surface area contributed by atoms with E-state index in [1.165, 1.54) is 5.56 Å². The zero-order valence-electron chi connectivity index (χ0n) is 11.7. The summed E-state index contributed by atoms with van der Waals surface area (Å²) in [6.45, 7) is 2.24. The standard InChI is InChI=1S/C16H16ClNO3/c1-2-10-3-4-12(18-8-10)7-14(19)11-5-13(17)16-15(6-11)20-9-21-16/h3-6,8,14,19H,2,7,9H2,1H3. The van der Waals surface area contributed by atoms with Crippen LogP contribution in [0.1, 0.15) is 29.8 Å². The first-order chi connectivity index (χ1) is 10.2. The largest absolute Gasteiger partial charge is 0.454 e. The third-order valence-electron chi connectivity index (χ3n) is 3.53. The first-order valence-electron chi connectivity index (χ1n) is 6.88. The fraction of sp³-hybridized carbons (Fsp3) is 0.312. The van der Waals surface area contributed by atoms with E-state index in [1.54, 1.807) is 12.1 Å². The number of fused-ring (bicyclic) bond motifs is 1. The predicted molar refractivity (Wildman–Crippen MR) is 79.9 cm³/mol. The summed E-state index contributed by atoms with van der Waals surface area (Å²) in [4.78, 5) is 4.36. The lowest BCUT2D eigenvalue weighted by atomic mass is 10.0. The summed E-state index contributed by atoms with van der Waals surface area (Å²) in [6.07, 6.45) is 2.54. The highest BCUT2D eigenvalue weighted by atomic mass is 35.5. The van der Waals surface area contributed by atoms with Crippen molar-refractivity contribution in [3.8, 4) is 11.5 Å². The minimum atomic E-state index is -0.683. The van der Waals surface area contributed by atoms with Crippen LogP contribution in [0.2, 0.25) is 5.02 Å². The number of rotatable bonds is 4. The molecule has 0 spiro atoms. The molecule has 1 aliphatic heterocycles. The zero-order chi connectivity index (χ0) is 14.8. The molecule has 1 N–H and O–H groups in total.